The Balaban J connectivity index is 1.59. The van der Waals surface area contributed by atoms with Crippen molar-refractivity contribution < 1.29 is 28.2 Å². The third-order valence-electron chi connectivity index (χ3n) is 4.33. The van der Waals surface area contributed by atoms with E-state index in [-0.39, 0.29) is 18.6 Å². The summed E-state index contributed by atoms with van der Waals surface area (Å²) in [5.41, 5.74) is 2.64. The molecule has 0 saturated carbocycles. The maximum atomic E-state index is 12.3. The lowest BCUT2D eigenvalue weighted by atomic mass is 10.1. The van der Waals surface area contributed by atoms with Gasteiger partial charge in [-0.15, -0.1) is 10.2 Å². The van der Waals surface area contributed by atoms with E-state index in [4.69, 9.17) is 13.9 Å². The number of benzene rings is 2. The first-order valence-electron chi connectivity index (χ1n) is 9.52. The van der Waals surface area contributed by atoms with E-state index < -0.39 is 11.9 Å². The summed E-state index contributed by atoms with van der Waals surface area (Å²) in [7, 11) is 2.76. The molecule has 0 radical (unpaired) electrons. The van der Waals surface area contributed by atoms with Crippen molar-refractivity contribution in [1.82, 2.24) is 10.2 Å². The molecule has 0 aliphatic heterocycles. The van der Waals surface area contributed by atoms with Gasteiger partial charge < -0.3 is 18.6 Å². The lowest BCUT2D eigenvalue weighted by Gasteiger charge is -2.09. The molecule has 0 saturated heterocycles. The van der Waals surface area contributed by atoms with E-state index in [2.05, 4.69) is 14.9 Å². The predicted octanol–water partition coefficient (Wildman–Crippen LogP) is 3.78. The first-order valence-corrected chi connectivity index (χ1v) is 9.52. The van der Waals surface area contributed by atoms with Crippen LogP contribution in [0.5, 0.6) is 11.5 Å². The number of carbonyl (C=O) groups is 2. The first kappa shape index (κ1) is 21.8. The third-order valence-corrected chi connectivity index (χ3v) is 4.33. The number of aromatic nitrogens is 2. The summed E-state index contributed by atoms with van der Waals surface area (Å²) in [5, 5.41) is 8.01. The van der Waals surface area contributed by atoms with Gasteiger partial charge in [0.2, 0.25) is 11.8 Å². The van der Waals surface area contributed by atoms with Crippen molar-refractivity contribution in [3.63, 3.8) is 0 Å². The van der Waals surface area contributed by atoms with Gasteiger partial charge in [0.1, 0.15) is 0 Å². The summed E-state index contributed by atoms with van der Waals surface area (Å²) >= 11 is 0. The summed E-state index contributed by atoms with van der Waals surface area (Å²) < 4.78 is 20.9. The Morgan fingerprint density at radius 3 is 2.52 bits per heavy atom. The number of rotatable bonds is 8. The first-order chi connectivity index (χ1) is 15.0. The molecule has 0 amide bonds. The number of hydrogen-bond acceptors (Lipinski definition) is 8. The SMILES string of the molecule is COC(=O)/C=C/c1ccc(OC(=O)CCc2nnc(-c3ccc(C)cc3)o2)c(OC)c1. The van der Waals surface area contributed by atoms with Crippen LogP contribution in [0.15, 0.2) is 53.0 Å². The van der Waals surface area contributed by atoms with E-state index in [0.29, 0.717) is 23.1 Å². The second-order valence-electron chi connectivity index (χ2n) is 6.61. The quantitative estimate of drug-likeness (QED) is 0.307. The predicted molar refractivity (Wildman–Crippen MR) is 112 cm³/mol. The van der Waals surface area contributed by atoms with Crippen LogP contribution in [0.3, 0.4) is 0 Å². The fraction of sp³-hybridized carbons (Fsp3) is 0.217. The molecule has 0 bridgehead atoms. The van der Waals surface area contributed by atoms with Crippen LogP contribution in [-0.2, 0) is 20.7 Å². The zero-order chi connectivity index (χ0) is 22.2. The molecule has 8 heteroatoms. The topological polar surface area (TPSA) is 101 Å². The van der Waals surface area contributed by atoms with Crippen LogP contribution in [0.25, 0.3) is 17.5 Å². The van der Waals surface area contributed by atoms with Crippen LogP contribution < -0.4 is 9.47 Å². The molecule has 0 atom stereocenters. The fourth-order valence-electron chi connectivity index (χ4n) is 2.65. The molecule has 3 rings (SSSR count). The van der Waals surface area contributed by atoms with E-state index in [9.17, 15) is 9.59 Å². The normalized spacial score (nSPS) is 10.8. The zero-order valence-corrected chi connectivity index (χ0v) is 17.5. The van der Waals surface area contributed by atoms with Gasteiger partial charge in [0, 0.05) is 18.1 Å². The minimum Gasteiger partial charge on any atom is -0.493 e. The van der Waals surface area contributed by atoms with E-state index in [0.717, 1.165) is 11.1 Å². The molecule has 0 fully saturated rings. The van der Waals surface area contributed by atoms with Crippen molar-refractivity contribution in [2.45, 2.75) is 19.8 Å². The standard InChI is InChI=1S/C23H22N2O6/c1-15-4-8-17(9-5-15)23-25-24-20(31-23)11-13-22(27)30-18-10-6-16(14-19(18)28-2)7-12-21(26)29-3/h4-10,12,14H,11,13H2,1-3H3/b12-7+. The Kier molecular flexibility index (Phi) is 7.16. The largest absolute Gasteiger partial charge is 0.493 e. The number of hydrogen-bond donors (Lipinski definition) is 0. The summed E-state index contributed by atoms with van der Waals surface area (Å²) in [5.74, 6) is 0.448. The van der Waals surface area contributed by atoms with Crippen molar-refractivity contribution >= 4 is 18.0 Å². The van der Waals surface area contributed by atoms with Gasteiger partial charge in [-0.3, -0.25) is 4.79 Å². The van der Waals surface area contributed by atoms with Crippen molar-refractivity contribution in [2.24, 2.45) is 0 Å². The van der Waals surface area contributed by atoms with Gasteiger partial charge in [-0.2, -0.15) is 0 Å². The van der Waals surface area contributed by atoms with Crippen LogP contribution in [0.2, 0.25) is 0 Å². The Morgan fingerprint density at radius 1 is 1.03 bits per heavy atom. The average molecular weight is 422 g/mol. The molecule has 2 aromatic carbocycles. The number of ether oxygens (including phenoxy) is 3. The zero-order valence-electron chi connectivity index (χ0n) is 17.5. The van der Waals surface area contributed by atoms with Crippen LogP contribution >= 0.6 is 0 Å². The second-order valence-corrected chi connectivity index (χ2v) is 6.61. The highest BCUT2D eigenvalue weighted by molar-refractivity contribution is 5.87. The van der Waals surface area contributed by atoms with Gasteiger partial charge >= 0.3 is 11.9 Å². The van der Waals surface area contributed by atoms with Gasteiger partial charge in [-0.1, -0.05) is 23.8 Å². The van der Waals surface area contributed by atoms with Crippen LogP contribution in [0, 0.1) is 6.92 Å². The molecule has 31 heavy (non-hydrogen) atoms. The van der Waals surface area contributed by atoms with E-state index in [1.807, 2.05) is 31.2 Å². The van der Waals surface area contributed by atoms with Crippen LogP contribution in [0.1, 0.15) is 23.4 Å². The average Bonchev–Trinajstić information content (AvgIpc) is 3.26. The Labute approximate surface area is 179 Å². The molecule has 1 aromatic heterocycles. The van der Waals surface area contributed by atoms with Crippen LogP contribution in [-0.4, -0.2) is 36.4 Å². The van der Waals surface area contributed by atoms with Gasteiger partial charge in [0.05, 0.1) is 20.6 Å². The fourth-order valence-corrected chi connectivity index (χ4v) is 2.65. The van der Waals surface area contributed by atoms with Gasteiger partial charge in [0.15, 0.2) is 11.5 Å². The Hall–Kier alpha value is -3.94. The molecule has 0 spiro atoms. The molecule has 0 aliphatic carbocycles. The van der Waals surface area contributed by atoms with Gasteiger partial charge in [-0.05, 0) is 42.8 Å². The number of nitrogens with zero attached hydrogens (tertiary/aromatic N) is 2. The van der Waals surface area contributed by atoms with E-state index in [1.54, 1.807) is 24.3 Å². The minimum absolute atomic E-state index is 0.0582. The maximum absolute atomic E-state index is 12.3. The molecule has 1 heterocycles. The summed E-state index contributed by atoms with van der Waals surface area (Å²) in [4.78, 5) is 23.5. The number of carbonyl (C=O) groups excluding carboxylic acids is 2. The highest BCUT2D eigenvalue weighted by atomic mass is 16.6. The van der Waals surface area contributed by atoms with Crippen molar-refractivity contribution in [2.75, 3.05) is 14.2 Å². The third kappa shape index (κ3) is 6.02. The highest BCUT2D eigenvalue weighted by Gasteiger charge is 2.14. The molecule has 0 unspecified atom stereocenters. The van der Waals surface area contributed by atoms with Crippen molar-refractivity contribution in [3.05, 3.63) is 65.6 Å². The van der Waals surface area contributed by atoms with E-state index >= 15 is 0 Å². The summed E-state index contributed by atoms with van der Waals surface area (Å²) in [6.45, 7) is 2.00. The minimum atomic E-state index is -0.471. The van der Waals surface area contributed by atoms with Gasteiger partial charge in [0.25, 0.3) is 0 Å². The van der Waals surface area contributed by atoms with Gasteiger partial charge in [-0.25, -0.2) is 4.79 Å². The highest BCUT2D eigenvalue weighted by Crippen LogP contribution is 2.29. The Bertz CT molecular complexity index is 1090. The lowest BCUT2D eigenvalue weighted by molar-refractivity contribution is -0.135. The number of methoxy groups -OCH3 is 2. The van der Waals surface area contributed by atoms with E-state index in [1.165, 1.54) is 20.3 Å². The lowest BCUT2D eigenvalue weighted by Crippen LogP contribution is -2.10. The molecule has 3 aromatic rings. The molecular formula is C23H22N2O6. The molecule has 0 N–H and O–H groups in total. The van der Waals surface area contributed by atoms with Crippen molar-refractivity contribution in [3.8, 4) is 23.0 Å². The smallest absolute Gasteiger partial charge is 0.330 e. The maximum Gasteiger partial charge on any atom is 0.330 e. The number of esters is 2. The Morgan fingerprint density at radius 2 is 1.81 bits per heavy atom. The van der Waals surface area contributed by atoms with Crippen LogP contribution in [0.4, 0.5) is 0 Å². The second kappa shape index (κ2) is 10.2. The monoisotopic (exact) mass is 422 g/mol. The molecule has 0 aliphatic rings. The molecular weight excluding hydrogens is 400 g/mol. The summed E-state index contributed by atoms with van der Waals surface area (Å²) in [6.07, 6.45) is 3.17. The number of aryl methyl sites for hydroxylation is 2. The molecule has 8 nitrogen and oxygen atoms in total. The van der Waals surface area contributed by atoms with Crippen molar-refractivity contribution in [1.29, 1.82) is 0 Å². The molecule has 160 valence electrons. The summed E-state index contributed by atoms with van der Waals surface area (Å²) in [6, 6.07) is 12.6.